The van der Waals surface area contributed by atoms with E-state index in [9.17, 15) is 4.79 Å². The summed E-state index contributed by atoms with van der Waals surface area (Å²) < 4.78 is 7.18. The van der Waals surface area contributed by atoms with E-state index in [4.69, 9.17) is 22.7 Å². The molecule has 5 heteroatoms. The van der Waals surface area contributed by atoms with Crippen molar-refractivity contribution in [2.45, 2.75) is 25.8 Å². The molecule has 0 radical (unpaired) electrons. The van der Waals surface area contributed by atoms with Crippen molar-refractivity contribution >= 4 is 17.2 Å². The molecule has 0 spiro atoms. The predicted octanol–water partition coefficient (Wildman–Crippen LogP) is 2.54. The number of pyridine rings is 1. The van der Waals surface area contributed by atoms with E-state index in [0.717, 1.165) is 12.8 Å². The number of nitrogens with zero attached hydrogens (tertiary/aromatic N) is 1. The third-order valence-electron chi connectivity index (χ3n) is 3.29. The average molecular weight is 316 g/mol. The molecule has 0 unspecified atom stereocenters. The summed E-state index contributed by atoms with van der Waals surface area (Å²) in [6.45, 7) is 0.999. The molecule has 22 heavy (non-hydrogen) atoms. The van der Waals surface area contributed by atoms with Crippen LogP contribution in [0.2, 0.25) is 0 Å². The molecule has 0 amide bonds. The zero-order valence-electron chi connectivity index (χ0n) is 12.4. The van der Waals surface area contributed by atoms with E-state index < -0.39 is 0 Å². The molecule has 0 saturated carbocycles. The molecule has 0 atom stereocenters. The quantitative estimate of drug-likeness (QED) is 0.600. The van der Waals surface area contributed by atoms with Gasteiger partial charge in [-0.05, 0) is 30.5 Å². The molecule has 0 bridgehead atoms. The molecule has 0 saturated heterocycles. The highest BCUT2D eigenvalue weighted by Crippen LogP contribution is 2.06. The van der Waals surface area contributed by atoms with Gasteiger partial charge in [0.05, 0.1) is 11.6 Å². The largest absolute Gasteiger partial charge is 0.488 e. The Hall–Kier alpha value is -2.14. The van der Waals surface area contributed by atoms with Gasteiger partial charge in [0, 0.05) is 19.2 Å². The fraction of sp³-hybridized carbons (Fsp3) is 0.294. The van der Waals surface area contributed by atoms with Crippen molar-refractivity contribution in [1.82, 2.24) is 4.57 Å². The van der Waals surface area contributed by atoms with Gasteiger partial charge in [-0.15, -0.1) is 0 Å². The van der Waals surface area contributed by atoms with Crippen molar-refractivity contribution < 1.29 is 4.74 Å². The second kappa shape index (κ2) is 8.34. The second-order valence-corrected chi connectivity index (χ2v) is 5.55. The Morgan fingerprint density at radius 1 is 1.18 bits per heavy atom. The van der Waals surface area contributed by atoms with E-state index in [0.29, 0.717) is 30.3 Å². The lowest BCUT2D eigenvalue weighted by Crippen LogP contribution is -2.23. The Morgan fingerprint density at radius 2 is 1.95 bits per heavy atom. The molecule has 4 nitrogen and oxygen atoms in total. The first kappa shape index (κ1) is 16.2. The number of hydrogen-bond acceptors (Lipinski definition) is 3. The zero-order valence-corrected chi connectivity index (χ0v) is 13.2. The highest BCUT2D eigenvalue weighted by molar-refractivity contribution is 7.80. The fourth-order valence-electron chi connectivity index (χ4n) is 2.13. The normalized spacial score (nSPS) is 10.4. The van der Waals surface area contributed by atoms with Crippen LogP contribution < -0.4 is 16.0 Å². The molecule has 2 aromatic rings. The van der Waals surface area contributed by atoms with Crippen LogP contribution in [0.1, 0.15) is 18.4 Å². The lowest BCUT2D eigenvalue weighted by atomic mass is 10.1. The van der Waals surface area contributed by atoms with Crippen LogP contribution in [0, 0.1) is 0 Å². The predicted molar refractivity (Wildman–Crippen MR) is 92.4 cm³/mol. The van der Waals surface area contributed by atoms with Gasteiger partial charge >= 0.3 is 0 Å². The summed E-state index contributed by atoms with van der Waals surface area (Å²) in [6.07, 6.45) is 4.03. The Kier molecular flexibility index (Phi) is 6.15. The number of aryl methyl sites for hydroxylation is 2. The average Bonchev–Trinajstić information content (AvgIpc) is 2.52. The number of rotatable bonds is 8. The van der Waals surface area contributed by atoms with Crippen LogP contribution in [0.5, 0.6) is 5.75 Å². The zero-order chi connectivity index (χ0) is 15.8. The van der Waals surface area contributed by atoms with E-state index in [2.05, 4.69) is 12.1 Å². The van der Waals surface area contributed by atoms with Crippen LogP contribution in [-0.4, -0.2) is 16.2 Å². The molecule has 0 fully saturated rings. The summed E-state index contributed by atoms with van der Waals surface area (Å²) in [6, 6.07) is 13.7. The molecular weight excluding hydrogens is 296 g/mol. The number of nitrogens with two attached hydrogens (primary N) is 1. The van der Waals surface area contributed by atoms with E-state index in [1.165, 1.54) is 5.56 Å². The highest BCUT2D eigenvalue weighted by Gasteiger charge is 2.04. The van der Waals surface area contributed by atoms with Crippen LogP contribution in [0.4, 0.5) is 0 Å². The minimum Gasteiger partial charge on any atom is -0.488 e. The second-order valence-electron chi connectivity index (χ2n) is 5.02. The smallest absolute Gasteiger partial charge is 0.292 e. The van der Waals surface area contributed by atoms with Gasteiger partial charge in [-0.3, -0.25) is 4.79 Å². The van der Waals surface area contributed by atoms with Crippen molar-refractivity contribution in [2.24, 2.45) is 5.73 Å². The van der Waals surface area contributed by atoms with Crippen LogP contribution >= 0.6 is 12.2 Å². The minimum absolute atomic E-state index is 0.140. The lowest BCUT2D eigenvalue weighted by Gasteiger charge is -2.09. The van der Waals surface area contributed by atoms with E-state index >= 15 is 0 Å². The maximum Gasteiger partial charge on any atom is 0.292 e. The molecule has 1 aromatic heterocycles. The molecule has 0 aliphatic carbocycles. The third kappa shape index (κ3) is 5.00. The number of ether oxygens (including phenoxy) is 1. The molecule has 1 aromatic carbocycles. The van der Waals surface area contributed by atoms with Gasteiger partial charge in [0.15, 0.2) is 5.75 Å². The monoisotopic (exact) mass is 316 g/mol. The number of benzene rings is 1. The molecular formula is C17H20N2O2S. The van der Waals surface area contributed by atoms with Gasteiger partial charge in [0.2, 0.25) is 0 Å². The molecule has 0 aliphatic heterocycles. The van der Waals surface area contributed by atoms with E-state index in [-0.39, 0.29) is 5.56 Å². The van der Waals surface area contributed by atoms with Crippen molar-refractivity contribution in [3.63, 3.8) is 0 Å². The van der Waals surface area contributed by atoms with Gasteiger partial charge in [-0.2, -0.15) is 0 Å². The first-order valence-corrected chi connectivity index (χ1v) is 7.72. The molecule has 116 valence electrons. The topological polar surface area (TPSA) is 57.2 Å². The molecule has 0 aliphatic rings. The Morgan fingerprint density at radius 3 is 2.68 bits per heavy atom. The first-order valence-electron chi connectivity index (χ1n) is 7.31. The van der Waals surface area contributed by atoms with E-state index in [1.54, 1.807) is 22.9 Å². The molecule has 2 rings (SSSR count). The first-order chi connectivity index (χ1) is 10.7. The van der Waals surface area contributed by atoms with Crippen LogP contribution in [0.3, 0.4) is 0 Å². The van der Waals surface area contributed by atoms with Crippen molar-refractivity contribution in [1.29, 1.82) is 0 Å². The van der Waals surface area contributed by atoms with Gasteiger partial charge in [-0.1, -0.05) is 42.5 Å². The fourth-order valence-corrected chi connectivity index (χ4v) is 2.23. The highest BCUT2D eigenvalue weighted by atomic mass is 32.1. The SMILES string of the molecule is NC(=S)CCn1cccc(OCCCc2ccccc2)c1=O. The van der Waals surface area contributed by atoms with Crippen molar-refractivity contribution in [3.05, 3.63) is 64.6 Å². The number of aromatic nitrogens is 1. The Labute approximate surface area is 135 Å². The number of thiocarbonyl (C=S) groups is 1. The van der Waals surface area contributed by atoms with Gasteiger partial charge in [0.1, 0.15) is 0 Å². The lowest BCUT2D eigenvalue weighted by molar-refractivity contribution is 0.304. The van der Waals surface area contributed by atoms with Crippen LogP contribution in [-0.2, 0) is 13.0 Å². The van der Waals surface area contributed by atoms with Crippen LogP contribution in [0.25, 0.3) is 0 Å². The minimum atomic E-state index is -0.140. The summed E-state index contributed by atoms with van der Waals surface area (Å²) in [4.78, 5) is 12.6. The summed E-state index contributed by atoms with van der Waals surface area (Å²) in [5.41, 5.74) is 6.60. The Bertz CT molecular complexity index is 668. The van der Waals surface area contributed by atoms with Gasteiger partial charge < -0.3 is 15.0 Å². The summed E-state index contributed by atoms with van der Waals surface area (Å²) in [5.74, 6) is 0.374. The maximum atomic E-state index is 12.2. The Balaban J connectivity index is 1.86. The van der Waals surface area contributed by atoms with Crippen molar-refractivity contribution in [2.75, 3.05) is 6.61 Å². The summed E-state index contributed by atoms with van der Waals surface area (Å²) in [7, 11) is 0. The summed E-state index contributed by atoms with van der Waals surface area (Å²) in [5, 5.41) is 0. The number of hydrogen-bond donors (Lipinski definition) is 1. The van der Waals surface area contributed by atoms with Crippen molar-refractivity contribution in [3.8, 4) is 5.75 Å². The molecule has 1 heterocycles. The van der Waals surface area contributed by atoms with E-state index in [1.807, 2.05) is 18.2 Å². The third-order valence-corrected chi connectivity index (χ3v) is 3.50. The summed E-state index contributed by atoms with van der Waals surface area (Å²) >= 11 is 4.83. The van der Waals surface area contributed by atoms with Crippen LogP contribution in [0.15, 0.2) is 53.5 Å². The van der Waals surface area contributed by atoms with Gasteiger partial charge in [0.25, 0.3) is 5.56 Å². The maximum absolute atomic E-state index is 12.2. The van der Waals surface area contributed by atoms with Gasteiger partial charge in [-0.25, -0.2) is 0 Å². The molecule has 2 N–H and O–H groups in total. The standard InChI is InChI=1S/C17H20N2O2S/c18-16(22)10-12-19-11-4-9-15(17(19)20)21-13-5-8-14-6-2-1-3-7-14/h1-4,6-7,9,11H,5,8,10,12-13H2,(H2,18,22).